The highest BCUT2D eigenvalue weighted by Crippen LogP contribution is 2.33. The predicted molar refractivity (Wildman–Crippen MR) is 125 cm³/mol. The van der Waals surface area contributed by atoms with E-state index in [4.69, 9.17) is 13.9 Å². The molecule has 2 aromatic carbocycles. The smallest absolute Gasteiger partial charge is 0.294 e. The normalized spacial score (nSPS) is 14.5. The van der Waals surface area contributed by atoms with Crippen LogP contribution >= 0.6 is 0 Å². The molecule has 2 amide bonds. The number of anilines is 1. The highest BCUT2D eigenvalue weighted by Gasteiger charge is 2.36. The van der Waals surface area contributed by atoms with Crippen molar-refractivity contribution in [1.29, 1.82) is 0 Å². The molecular weight excluding hydrogens is 420 g/mol. The summed E-state index contributed by atoms with van der Waals surface area (Å²) in [4.78, 5) is 28.8. The van der Waals surface area contributed by atoms with E-state index in [-0.39, 0.29) is 17.7 Å². The van der Waals surface area contributed by atoms with E-state index in [2.05, 4.69) is 5.32 Å². The van der Waals surface area contributed by atoms with Crippen LogP contribution in [0.25, 0.3) is 0 Å². The van der Waals surface area contributed by atoms with Gasteiger partial charge in [-0.05, 0) is 54.8 Å². The van der Waals surface area contributed by atoms with Crippen molar-refractivity contribution in [3.8, 4) is 11.5 Å². The minimum atomic E-state index is -0.916. The van der Waals surface area contributed by atoms with E-state index in [1.165, 1.54) is 11.2 Å². The summed E-state index contributed by atoms with van der Waals surface area (Å²) < 4.78 is 16.1. The Morgan fingerprint density at radius 1 is 0.970 bits per heavy atom. The van der Waals surface area contributed by atoms with E-state index in [9.17, 15) is 9.59 Å². The van der Waals surface area contributed by atoms with E-state index in [0.29, 0.717) is 22.7 Å². The fraction of sp³-hybridized carbons (Fsp3) is 0.308. The number of hydrogen-bond acceptors (Lipinski definition) is 5. The molecule has 1 saturated carbocycles. The lowest BCUT2D eigenvalue weighted by molar-refractivity contribution is -0.123. The van der Waals surface area contributed by atoms with Gasteiger partial charge >= 0.3 is 0 Å². The standard InChI is InChI=1S/C26H28N2O5/c1-31-21-14-12-18(13-15-21)24(25(29)27-19-7-3-4-8-19)28(26(30)23-11-6-16-33-23)20-9-5-10-22(17-20)32-2/h5-6,9-17,19,24H,3-4,7-8H2,1-2H3,(H,27,29)/t24-/m0/s1. The maximum Gasteiger partial charge on any atom is 0.294 e. The molecule has 1 aliphatic rings. The van der Waals surface area contributed by atoms with Crippen molar-refractivity contribution in [3.05, 3.63) is 78.3 Å². The van der Waals surface area contributed by atoms with Crippen LogP contribution < -0.4 is 19.7 Å². The Bertz CT molecular complexity index is 1070. The van der Waals surface area contributed by atoms with Crippen LogP contribution in [-0.4, -0.2) is 32.1 Å². The molecule has 1 aromatic heterocycles. The molecule has 0 bridgehead atoms. The largest absolute Gasteiger partial charge is 0.497 e. The van der Waals surface area contributed by atoms with Gasteiger partial charge in [-0.2, -0.15) is 0 Å². The number of furan rings is 1. The third-order valence-corrected chi connectivity index (χ3v) is 5.92. The van der Waals surface area contributed by atoms with Crippen molar-refractivity contribution in [1.82, 2.24) is 5.32 Å². The summed E-state index contributed by atoms with van der Waals surface area (Å²) in [5.41, 5.74) is 1.19. The molecule has 0 saturated heterocycles. The number of amides is 2. The minimum Gasteiger partial charge on any atom is -0.497 e. The first-order valence-corrected chi connectivity index (χ1v) is 11.1. The average molecular weight is 449 g/mol. The Balaban J connectivity index is 1.81. The Labute approximate surface area is 193 Å². The lowest BCUT2D eigenvalue weighted by Gasteiger charge is -2.32. The first-order chi connectivity index (χ1) is 16.1. The van der Waals surface area contributed by atoms with Gasteiger partial charge in [-0.15, -0.1) is 0 Å². The van der Waals surface area contributed by atoms with Crippen molar-refractivity contribution in [2.75, 3.05) is 19.1 Å². The number of benzene rings is 2. The monoisotopic (exact) mass is 448 g/mol. The number of methoxy groups -OCH3 is 2. The third-order valence-electron chi connectivity index (χ3n) is 5.92. The van der Waals surface area contributed by atoms with E-state index in [1.807, 2.05) is 0 Å². The van der Waals surface area contributed by atoms with Crippen LogP contribution in [0, 0.1) is 0 Å². The Morgan fingerprint density at radius 2 is 1.70 bits per heavy atom. The summed E-state index contributed by atoms with van der Waals surface area (Å²) in [6, 6.07) is 16.7. The summed E-state index contributed by atoms with van der Waals surface area (Å²) in [5, 5.41) is 3.16. The van der Waals surface area contributed by atoms with Gasteiger partial charge < -0.3 is 19.2 Å². The summed E-state index contributed by atoms with van der Waals surface area (Å²) in [7, 11) is 3.15. The summed E-state index contributed by atoms with van der Waals surface area (Å²) in [6.07, 6.45) is 5.49. The van der Waals surface area contributed by atoms with E-state index >= 15 is 0 Å². The van der Waals surface area contributed by atoms with Gasteiger partial charge in [0.05, 0.1) is 20.5 Å². The maximum atomic E-state index is 13.7. The number of nitrogens with zero attached hydrogens (tertiary/aromatic N) is 1. The fourth-order valence-corrected chi connectivity index (χ4v) is 4.22. The Hall–Kier alpha value is -3.74. The van der Waals surface area contributed by atoms with Crippen molar-refractivity contribution in [2.24, 2.45) is 0 Å². The van der Waals surface area contributed by atoms with Crippen LogP contribution in [0.2, 0.25) is 0 Å². The average Bonchev–Trinajstić information content (AvgIpc) is 3.57. The highest BCUT2D eigenvalue weighted by molar-refractivity contribution is 6.08. The lowest BCUT2D eigenvalue weighted by Crippen LogP contribution is -2.46. The van der Waals surface area contributed by atoms with Gasteiger partial charge in [0, 0.05) is 17.8 Å². The molecule has 0 aliphatic heterocycles. The summed E-state index contributed by atoms with van der Waals surface area (Å²) in [6.45, 7) is 0. The van der Waals surface area contributed by atoms with Gasteiger partial charge in [0.25, 0.3) is 5.91 Å². The molecule has 3 aromatic rings. The molecule has 172 valence electrons. The second-order valence-corrected chi connectivity index (χ2v) is 8.02. The quantitative estimate of drug-likeness (QED) is 0.538. The number of nitrogens with one attached hydrogen (secondary N) is 1. The van der Waals surface area contributed by atoms with Crippen LogP contribution in [0.3, 0.4) is 0 Å². The second-order valence-electron chi connectivity index (χ2n) is 8.02. The lowest BCUT2D eigenvalue weighted by atomic mass is 10.0. The van der Waals surface area contributed by atoms with Crippen LogP contribution in [-0.2, 0) is 4.79 Å². The number of rotatable bonds is 8. The van der Waals surface area contributed by atoms with Gasteiger partial charge in [-0.25, -0.2) is 0 Å². The van der Waals surface area contributed by atoms with Gasteiger partial charge in [0.15, 0.2) is 5.76 Å². The molecule has 0 spiro atoms. The molecule has 1 heterocycles. The first-order valence-electron chi connectivity index (χ1n) is 11.1. The molecule has 1 fully saturated rings. The van der Waals surface area contributed by atoms with Gasteiger partial charge in [0.1, 0.15) is 17.5 Å². The maximum absolute atomic E-state index is 13.7. The van der Waals surface area contributed by atoms with Crippen molar-refractivity contribution in [3.63, 3.8) is 0 Å². The molecule has 7 heteroatoms. The molecule has 33 heavy (non-hydrogen) atoms. The van der Waals surface area contributed by atoms with Crippen LogP contribution in [0.4, 0.5) is 5.69 Å². The zero-order valence-corrected chi connectivity index (χ0v) is 18.8. The van der Waals surface area contributed by atoms with E-state index in [1.54, 1.807) is 74.9 Å². The van der Waals surface area contributed by atoms with Crippen LogP contribution in [0.15, 0.2) is 71.3 Å². The zero-order valence-electron chi connectivity index (χ0n) is 18.8. The number of ether oxygens (including phenoxy) is 2. The summed E-state index contributed by atoms with van der Waals surface area (Å²) in [5.74, 6) is 0.726. The molecule has 0 unspecified atom stereocenters. The SMILES string of the molecule is COc1ccc([C@@H](C(=O)NC2CCCC2)N(C(=O)c2ccco2)c2cccc(OC)c2)cc1. The van der Waals surface area contributed by atoms with Crippen LogP contribution in [0.1, 0.15) is 47.8 Å². The van der Waals surface area contributed by atoms with Gasteiger partial charge in [-0.1, -0.05) is 31.0 Å². The molecule has 0 radical (unpaired) electrons. The first kappa shape index (κ1) is 22.5. The minimum absolute atomic E-state index is 0.101. The second kappa shape index (κ2) is 10.3. The molecular formula is C26H28N2O5. The molecule has 1 N–H and O–H groups in total. The molecule has 1 atom stereocenters. The molecule has 1 aliphatic carbocycles. The van der Waals surface area contributed by atoms with Gasteiger partial charge in [0.2, 0.25) is 5.91 Å². The zero-order chi connectivity index (χ0) is 23.2. The van der Waals surface area contributed by atoms with Crippen molar-refractivity contribution in [2.45, 2.75) is 37.8 Å². The predicted octanol–water partition coefficient (Wildman–Crippen LogP) is 4.74. The van der Waals surface area contributed by atoms with E-state index in [0.717, 1.165) is 25.7 Å². The Morgan fingerprint density at radius 3 is 2.33 bits per heavy atom. The van der Waals surface area contributed by atoms with E-state index < -0.39 is 11.9 Å². The fourth-order valence-electron chi connectivity index (χ4n) is 4.22. The van der Waals surface area contributed by atoms with Gasteiger partial charge in [-0.3, -0.25) is 14.5 Å². The van der Waals surface area contributed by atoms with Crippen LogP contribution in [0.5, 0.6) is 11.5 Å². The third kappa shape index (κ3) is 5.03. The van der Waals surface area contributed by atoms with Crippen molar-refractivity contribution >= 4 is 17.5 Å². The summed E-state index contributed by atoms with van der Waals surface area (Å²) >= 11 is 0. The Kier molecular flexibility index (Phi) is 6.98. The number of carbonyl (C=O) groups is 2. The number of hydrogen-bond donors (Lipinski definition) is 1. The number of carbonyl (C=O) groups excluding carboxylic acids is 2. The topological polar surface area (TPSA) is 81.0 Å². The highest BCUT2D eigenvalue weighted by atomic mass is 16.5. The molecule has 4 rings (SSSR count). The molecule has 7 nitrogen and oxygen atoms in total. The van der Waals surface area contributed by atoms with Crippen molar-refractivity contribution < 1.29 is 23.5 Å².